The van der Waals surface area contributed by atoms with Crippen molar-refractivity contribution in [3.63, 3.8) is 0 Å². The van der Waals surface area contributed by atoms with Gasteiger partial charge >= 0.3 is 18.0 Å². The number of hydrogen-bond acceptors (Lipinski definition) is 9. The highest BCUT2D eigenvalue weighted by molar-refractivity contribution is 7.98. The lowest BCUT2D eigenvalue weighted by Gasteiger charge is -2.12. The first-order valence-corrected chi connectivity index (χ1v) is 9.12. The van der Waals surface area contributed by atoms with E-state index < -0.39 is 12.0 Å². The molecule has 0 fully saturated rings. The summed E-state index contributed by atoms with van der Waals surface area (Å²) in [7, 11) is 5.20. The molecule has 0 atom stereocenters. The normalized spacial score (nSPS) is 10.5. The summed E-state index contributed by atoms with van der Waals surface area (Å²) in [4.78, 5) is 38.7. The molecule has 150 valence electrons. The Labute approximate surface area is 167 Å². The van der Waals surface area contributed by atoms with E-state index in [4.69, 9.17) is 9.47 Å². The highest BCUT2D eigenvalue weighted by Gasteiger charge is 2.15. The van der Waals surface area contributed by atoms with Crippen molar-refractivity contribution in [3.8, 4) is 6.01 Å². The second kappa shape index (κ2) is 10.4. The van der Waals surface area contributed by atoms with Gasteiger partial charge in [-0.2, -0.15) is 15.0 Å². The standard InChI is InChI=1S/C17H22N6O4S/c1-11-18-15(21-17(19-11)26-4)20-16(25)22-28-13-8-6-5-7-12(13)14(24)27-10-9-23(2)3/h5-8H,9-10H2,1-4H3,(H2,18,19,20,21,22,25). The molecule has 2 N–H and O–H groups in total. The van der Waals surface area contributed by atoms with Gasteiger partial charge in [-0.3, -0.25) is 10.0 Å². The SMILES string of the molecule is COc1nc(C)nc(NC(=O)NSc2ccccc2C(=O)OCCN(C)C)n1. The van der Waals surface area contributed by atoms with Crippen LogP contribution in [0, 0.1) is 6.92 Å². The lowest BCUT2D eigenvalue weighted by Crippen LogP contribution is -2.25. The van der Waals surface area contributed by atoms with Gasteiger partial charge in [0.05, 0.1) is 12.7 Å². The minimum absolute atomic E-state index is 0.0545. The maximum absolute atomic E-state index is 12.3. The second-order valence-corrected chi connectivity index (χ2v) is 6.63. The van der Waals surface area contributed by atoms with E-state index in [1.54, 1.807) is 31.2 Å². The minimum atomic E-state index is -0.562. The van der Waals surface area contributed by atoms with Crippen molar-refractivity contribution in [2.75, 3.05) is 39.7 Å². The molecule has 2 aromatic rings. The molecule has 11 heteroatoms. The van der Waals surface area contributed by atoms with Crippen molar-refractivity contribution in [1.29, 1.82) is 0 Å². The van der Waals surface area contributed by atoms with E-state index in [-0.39, 0.29) is 18.6 Å². The number of carbonyl (C=O) groups excluding carboxylic acids is 2. The maximum atomic E-state index is 12.3. The maximum Gasteiger partial charge on any atom is 0.339 e. The van der Waals surface area contributed by atoms with E-state index in [0.717, 1.165) is 11.9 Å². The fraction of sp³-hybridized carbons (Fsp3) is 0.353. The predicted molar refractivity (Wildman–Crippen MR) is 104 cm³/mol. The van der Waals surface area contributed by atoms with Crippen molar-refractivity contribution < 1.29 is 19.1 Å². The van der Waals surface area contributed by atoms with Crippen molar-refractivity contribution in [2.24, 2.45) is 0 Å². The van der Waals surface area contributed by atoms with E-state index in [2.05, 4.69) is 25.0 Å². The smallest absolute Gasteiger partial charge is 0.339 e. The molecule has 2 amide bonds. The van der Waals surface area contributed by atoms with Gasteiger partial charge in [0.2, 0.25) is 5.95 Å². The van der Waals surface area contributed by atoms with Crippen LogP contribution < -0.4 is 14.8 Å². The molecule has 0 saturated carbocycles. The Balaban J connectivity index is 1.96. The molecule has 0 radical (unpaired) electrons. The average Bonchev–Trinajstić information content (AvgIpc) is 2.65. The Morgan fingerprint density at radius 3 is 2.64 bits per heavy atom. The molecule has 10 nitrogen and oxygen atoms in total. The first kappa shape index (κ1) is 21.4. The molecule has 28 heavy (non-hydrogen) atoms. The number of methoxy groups -OCH3 is 1. The molecule has 0 aliphatic rings. The van der Waals surface area contributed by atoms with Gasteiger partial charge in [0, 0.05) is 11.4 Å². The molecule has 1 aromatic heterocycles. The number of urea groups is 1. The third-order valence-electron chi connectivity index (χ3n) is 3.27. The molecule has 0 spiro atoms. The van der Waals surface area contributed by atoms with Crippen LogP contribution in [-0.4, -0.2) is 66.2 Å². The Kier molecular flexibility index (Phi) is 7.96. The molecule has 0 bridgehead atoms. The van der Waals surface area contributed by atoms with Gasteiger partial charge in [0.25, 0.3) is 0 Å². The summed E-state index contributed by atoms with van der Waals surface area (Å²) in [5, 5.41) is 2.49. The van der Waals surface area contributed by atoms with E-state index in [9.17, 15) is 9.59 Å². The number of nitrogens with one attached hydrogen (secondary N) is 2. The van der Waals surface area contributed by atoms with Crippen molar-refractivity contribution >= 4 is 29.9 Å². The van der Waals surface area contributed by atoms with E-state index in [0.29, 0.717) is 22.8 Å². The summed E-state index contributed by atoms with van der Waals surface area (Å²) in [6, 6.07) is 6.38. The summed E-state index contributed by atoms with van der Waals surface area (Å²) in [5.41, 5.74) is 0.365. The molecular weight excluding hydrogens is 384 g/mol. The number of amides is 2. The second-order valence-electron chi connectivity index (χ2n) is 5.79. The van der Waals surface area contributed by atoms with Crippen LogP contribution in [0.5, 0.6) is 6.01 Å². The van der Waals surface area contributed by atoms with Crippen LogP contribution in [0.3, 0.4) is 0 Å². The van der Waals surface area contributed by atoms with Gasteiger partial charge in [0.15, 0.2) is 0 Å². The average molecular weight is 406 g/mol. The summed E-state index contributed by atoms with van der Waals surface area (Å²) >= 11 is 0.981. The zero-order valence-electron chi connectivity index (χ0n) is 16.1. The van der Waals surface area contributed by atoms with Crippen LogP contribution in [-0.2, 0) is 4.74 Å². The quantitative estimate of drug-likeness (QED) is 0.499. The molecule has 0 saturated heterocycles. The number of esters is 1. The van der Waals surface area contributed by atoms with Crippen LogP contribution in [0.2, 0.25) is 0 Å². The molecule has 1 heterocycles. The van der Waals surface area contributed by atoms with Crippen molar-refractivity contribution in [3.05, 3.63) is 35.7 Å². The summed E-state index contributed by atoms with van der Waals surface area (Å²) in [6.07, 6.45) is 0. The Morgan fingerprint density at radius 1 is 1.18 bits per heavy atom. The van der Waals surface area contributed by atoms with Crippen molar-refractivity contribution in [2.45, 2.75) is 11.8 Å². The van der Waals surface area contributed by atoms with Crippen LogP contribution in [0.4, 0.5) is 10.7 Å². The first-order valence-electron chi connectivity index (χ1n) is 8.30. The van der Waals surface area contributed by atoms with Gasteiger partial charge < -0.3 is 14.4 Å². The number of aromatic nitrogens is 3. The fourth-order valence-corrected chi connectivity index (χ4v) is 2.62. The number of anilines is 1. The van der Waals surface area contributed by atoms with E-state index in [1.807, 2.05) is 19.0 Å². The number of hydrogen-bond donors (Lipinski definition) is 2. The number of nitrogens with zero attached hydrogens (tertiary/aromatic N) is 4. The Bertz CT molecular complexity index is 833. The number of ether oxygens (including phenoxy) is 2. The number of carbonyl (C=O) groups is 2. The number of rotatable bonds is 8. The summed E-state index contributed by atoms with van der Waals surface area (Å²) < 4.78 is 12.8. The third-order valence-corrected chi connectivity index (χ3v) is 4.13. The largest absolute Gasteiger partial charge is 0.467 e. The number of benzene rings is 1. The van der Waals surface area contributed by atoms with Crippen LogP contribution >= 0.6 is 11.9 Å². The van der Waals surface area contributed by atoms with Crippen LogP contribution in [0.15, 0.2) is 29.2 Å². The highest BCUT2D eigenvalue weighted by atomic mass is 32.2. The topological polar surface area (TPSA) is 119 Å². The Morgan fingerprint density at radius 2 is 1.93 bits per heavy atom. The molecule has 0 unspecified atom stereocenters. The fourth-order valence-electron chi connectivity index (χ4n) is 1.96. The van der Waals surface area contributed by atoms with Crippen LogP contribution in [0.1, 0.15) is 16.2 Å². The van der Waals surface area contributed by atoms with Gasteiger partial charge in [-0.15, -0.1) is 0 Å². The molecule has 0 aliphatic carbocycles. The minimum Gasteiger partial charge on any atom is -0.467 e. The lowest BCUT2D eigenvalue weighted by atomic mass is 10.2. The molecule has 2 rings (SSSR count). The van der Waals surface area contributed by atoms with Crippen molar-refractivity contribution in [1.82, 2.24) is 24.6 Å². The zero-order chi connectivity index (χ0) is 20.5. The lowest BCUT2D eigenvalue weighted by molar-refractivity contribution is 0.0477. The highest BCUT2D eigenvalue weighted by Crippen LogP contribution is 2.21. The van der Waals surface area contributed by atoms with Gasteiger partial charge in [-0.1, -0.05) is 12.1 Å². The zero-order valence-corrected chi connectivity index (χ0v) is 16.9. The number of aryl methyl sites for hydroxylation is 1. The summed E-state index contributed by atoms with van der Waals surface area (Å²) in [6.45, 7) is 2.55. The molecule has 1 aromatic carbocycles. The van der Waals surface area contributed by atoms with Gasteiger partial charge in [-0.05, 0) is 45.1 Å². The van der Waals surface area contributed by atoms with E-state index >= 15 is 0 Å². The number of likely N-dealkylation sites (N-methyl/N-ethyl adjacent to an activating group) is 1. The first-order chi connectivity index (χ1) is 13.4. The third kappa shape index (κ3) is 6.67. The van der Waals surface area contributed by atoms with E-state index in [1.165, 1.54) is 7.11 Å². The predicted octanol–water partition coefficient (Wildman–Crippen LogP) is 1.74. The van der Waals surface area contributed by atoms with Gasteiger partial charge in [0.1, 0.15) is 12.4 Å². The van der Waals surface area contributed by atoms with Crippen LogP contribution in [0.25, 0.3) is 0 Å². The summed E-state index contributed by atoms with van der Waals surface area (Å²) in [5.74, 6) is 0.00411. The molecular formula is C17H22N6O4S. The monoisotopic (exact) mass is 406 g/mol. The molecule has 0 aliphatic heterocycles. The van der Waals surface area contributed by atoms with Gasteiger partial charge in [-0.25, -0.2) is 9.59 Å². The Hall–Kier alpha value is -2.92.